The summed E-state index contributed by atoms with van der Waals surface area (Å²) in [6.45, 7) is 6.04. The van der Waals surface area contributed by atoms with Gasteiger partial charge in [0.15, 0.2) is 5.13 Å². The molecule has 0 radical (unpaired) electrons. The molecule has 0 aliphatic heterocycles. The Hall–Kier alpha value is -2.21. The lowest BCUT2D eigenvalue weighted by Crippen LogP contribution is -2.45. The van der Waals surface area contributed by atoms with Crippen LogP contribution >= 0.6 is 11.3 Å². The molecule has 2 aromatic rings. The Kier molecular flexibility index (Phi) is 7.13. The van der Waals surface area contributed by atoms with E-state index in [4.69, 9.17) is 0 Å². The van der Waals surface area contributed by atoms with Crippen molar-refractivity contribution in [3.05, 3.63) is 47.5 Å². The van der Waals surface area contributed by atoms with E-state index < -0.39 is 0 Å². The minimum Gasteiger partial charge on any atom is -0.330 e. The van der Waals surface area contributed by atoms with Crippen molar-refractivity contribution in [2.45, 2.75) is 45.6 Å². The third-order valence-electron chi connectivity index (χ3n) is 4.31. The van der Waals surface area contributed by atoms with Crippen LogP contribution in [0.25, 0.3) is 0 Å². The van der Waals surface area contributed by atoms with E-state index in [9.17, 15) is 9.59 Å². The molecule has 0 aliphatic rings. The van der Waals surface area contributed by atoms with Gasteiger partial charge in [0.05, 0.1) is 5.92 Å². The Balaban J connectivity index is 2.14. The highest BCUT2D eigenvalue weighted by atomic mass is 32.1. The van der Waals surface area contributed by atoms with Crippen LogP contribution in [0.5, 0.6) is 0 Å². The van der Waals surface area contributed by atoms with Gasteiger partial charge in [-0.15, -0.1) is 11.3 Å². The van der Waals surface area contributed by atoms with E-state index in [0.717, 1.165) is 12.0 Å². The van der Waals surface area contributed by atoms with E-state index in [1.807, 2.05) is 51.1 Å². The van der Waals surface area contributed by atoms with Crippen molar-refractivity contribution < 1.29 is 9.59 Å². The molecule has 0 fully saturated rings. The molecule has 0 aliphatic carbocycles. The van der Waals surface area contributed by atoms with Gasteiger partial charge in [0.1, 0.15) is 6.54 Å². The summed E-state index contributed by atoms with van der Waals surface area (Å²) in [5.41, 5.74) is 0.989. The van der Waals surface area contributed by atoms with Gasteiger partial charge >= 0.3 is 0 Å². The second kappa shape index (κ2) is 9.32. The first-order chi connectivity index (χ1) is 12.1. The summed E-state index contributed by atoms with van der Waals surface area (Å²) in [7, 11) is 0. The lowest BCUT2D eigenvalue weighted by atomic mass is 9.94. The molecule has 25 heavy (non-hydrogen) atoms. The first-order valence-electron chi connectivity index (χ1n) is 8.61. The average molecular weight is 359 g/mol. The van der Waals surface area contributed by atoms with Crippen LogP contribution in [0.3, 0.4) is 0 Å². The summed E-state index contributed by atoms with van der Waals surface area (Å²) in [5, 5.41) is 5.11. The van der Waals surface area contributed by atoms with Crippen LogP contribution in [-0.4, -0.2) is 34.3 Å². The smallest absolute Gasteiger partial charge is 0.245 e. The molecule has 0 saturated heterocycles. The van der Waals surface area contributed by atoms with Gasteiger partial charge in [-0.3, -0.25) is 9.59 Å². The van der Waals surface area contributed by atoms with Crippen molar-refractivity contribution in [3.8, 4) is 0 Å². The fraction of sp³-hybridized carbons (Fsp3) is 0.421. The summed E-state index contributed by atoms with van der Waals surface area (Å²) in [5.74, 6) is -0.452. The summed E-state index contributed by atoms with van der Waals surface area (Å²) in [6, 6.07) is 9.75. The highest BCUT2D eigenvalue weighted by Crippen LogP contribution is 2.23. The van der Waals surface area contributed by atoms with Gasteiger partial charge in [0.2, 0.25) is 11.8 Å². The molecule has 2 rings (SSSR count). The zero-order chi connectivity index (χ0) is 18.2. The first-order valence-corrected chi connectivity index (χ1v) is 9.49. The van der Waals surface area contributed by atoms with Crippen LogP contribution in [-0.2, 0) is 9.59 Å². The molecular formula is C19H25N3O2S. The molecule has 1 N–H and O–H groups in total. The fourth-order valence-corrected chi connectivity index (χ4v) is 3.25. The minimum absolute atomic E-state index is 0.00246. The molecule has 2 atom stereocenters. The Morgan fingerprint density at radius 3 is 2.48 bits per heavy atom. The molecular weight excluding hydrogens is 334 g/mol. The van der Waals surface area contributed by atoms with Crippen LogP contribution in [0.1, 0.15) is 45.1 Å². The summed E-state index contributed by atoms with van der Waals surface area (Å²) < 4.78 is 0. The number of hydrogen-bond acceptors (Lipinski definition) is 4. The van der Waals surface area contributed by atoms with Gasteiger partial charge in [0, 0.05) is 17.6 Å². The number of carbonyl (C=O) groups excluding carboxylic acids is 2. The predicted octanol–water partition coefficient (Wildman–Crippen LogP) is 3.90. The molecule has 1 heterocycles. The standard InChI is InChI=1S/C19H25N3O2S/c1-4-14(3)22(13-17(23)21-19-20-11-12-25-19)18(24)16(5-2)15-9-7-6-8-10-15/h6-12,14,16H,4-5,13H2,1-3H3,(H,20,21,23). The van der Waals surface area contributed by atoms with Gasteiger partial charge in [0.25, 0.3) is 0 Å². The van der Waals surface area contributed by atoms with E-state index in [1.165, 1.54) is 11.3 Å². The van der Waals surface area contributed by atoms with Crippen LogP contribution < -0.4 is 5.32 Å². The van der Waals surface area contributed by atoms with Crippen molar-refractivity contribution in [1.29, 1.82) is 0 Å². The lowest BCUT2D eigenvalue weighted by Gasteiger charge is -2.31. The summed E-state index contributed by atoms with van der Waals surface area (Å²) in [6.07, 6.45) is 3.13. The number of hydrogen-bond donors (Lipinski definition) is 1. The van der Waals surface area contributed by atoms with Gasteiger partial charge < -0.3 is 10.2 Å². The van der Waals surface area contributed by atoms with Gasteiger partial charge in [-0.25, -0.2) is 4.98 Å². The zero-order valence-corrected chi connectivity index (χ0v) is 15.8. The molecule has 2 unspecified atom stereocenters. The maximum absolute atomic E-state index is 13.1. The summed E-state index contributed by atoms with van der Waals surface area (Å²) >= 11 is 1.36. The molecule has 6 heteroatoms. The number of carbonyl (C=O) groups is 2. The van der Waals surface area contributed by atoms with Gasteiger partial charge in [-0.05, 0) is 25.3 Å². The molecule has 5 nitrogen and oxygen atoms in total. The number of aromatic nitrogens is 1. The normalized spacial score (nSPS) is 13.1. The quantitative estimate of drug-likeness (QED) is 0.777. The molecule has 1 aromatic carbocycles. The van der Waals surface area contributed by atoms with Crippen molar-refractivity contribution in [3.63, 3.8) is 0 Å². The van der Waals surface area contributed by atoms with E-state index in [2.05, 4.69) is 10.3 Å². The molecule has 2 amide bonds. The Morgan fingerprint density at radius 2 is 1.92 bits per heavy atom. The first kappa shape index (κ1) is 19.1. The molecule has 1 aromatic heterocycles. The van der Waals surface area contributed by atoms with Crippen molar-refractivity contribution in [2.24, 2.45) is 0 Å². The van der Waals surface area contributed by atoms with Crippen LogP contribution in [0.4, 0.5) is 5.13 Å². The van der Waals surface area contributed by atoms with E-state index >= 15 is 0 Å². The number of nitrogens with zero attached hydrogens (tertiary/aromatic N) is 2. The monoisotopic (exact) mass is 359 g/mol. The molecule has 0 bridgehead atoms. The Morgan fingerprint density at radius 1 is 1.20 bits per heavy atom. The maximum atomic E-state index is 13.1. The third kappa shape index (κ3) is 5.13. The van der Waals surface area contributed by atoms with E-state index in [0.29, 0.717) is 11.6 Å². The Bertz CT molecular complexity index is 673. The van der Waals surface area contributed by atoms with E-state index in [1.54, 1.807) is 16.5 Å². The SMILES string of the molecule is CCC(C(=O)N(CC(=O)Nc1nccs1)C(C)CC)c1ccccc1. The van der Waals surface area contributed by atoms with Crippen LogP contribution in [0, 0.1) is 0 Å². The number of thiazole rings is 1. The number of nitrogens with one attached hydrogen (secondary N) is 1. The number of anilines is 1. The lowest BCUT2D eigenvalue weighted by molar-refractivity contribution is -0.138. The van der Waals surface area contributed by atoms with Gasteiger partial charge in [-0.1, -0.05) is 44.2 Å². The molecule has 134 valence electrons. The topological polar surface area (TPSA) is 62.3 Å². The average Bonchev–Trinajstić information content (AvgIpc) is 3.13. The van der Waals surface area contributed by atoms with Crippen molar-refractivity contribution in [1.82, 2.24) is 9.88 Å². The van der Waals surface area contributed by atoms with Crippen molar-refractivity contribution >= 4 is 28.3 Å². The second-order valence-corrected chi connectivity index (χ2v) is 6.87. The predicted molar refractivity (Wildman–Crippen MR) is 102 cm³/mol. The maximum Gasteiger partial charge on any atom is 0.245 e. The van der Waals surface area contributed by atoms with Gasteiger partial charge in [-0.2, -0.15) is 0 Å². The second-order valence-electron chi connectivity index (χ2n) is 5.98. The summed E-state index contributed by atoms with van der Waals surface area (Å²) in [4.78, 5) is 31.2. The Labute approximate surface area is 153 Å². The largest absolute Gasteiger partial charge is 0.330 e. The third-order valence-corrected chi connectivity index (χ3v) is 5.00. The number of benzene rings is 1. The minimum atomic E-state index is -0.233. The highest BCUT2D eigenvalue weighted by molar-refractivity contribution is 7.13. The zero-order valence-electron chi connectivity index (χ0n) is 14.9. The van der Waals surface area contributed by atoms with Crippen LogP contribution in [0.15, 0.2) is 41.9 Å². The number of amides is 2. The molecule has 0 saturated carbocycles. The van der Waals surface area contributed by atoms with E-state index in [-0.39, 0.29) is 30.3 Å². The number of rotatable bonds is 8. The fourth-order valence-electron chi connectivity index (χ4n) is 2.71. The molecule has 0 spiro atoms. The van der Waals surface area contributed by atoms with Crippen molar-refractivity contribution in [2.75, 3.05) is 11.9 Å². The highest BCUT2D eigenvalue weighted by Gasteiger charge is 2.28. The van der Waals surface area contributed by atoms with Crippen LogP contribution in [0.2, 0.25) is 0 Å².